The second-order valence-corrected chi connectivity index (χ2v) is 8.22. The van der Waals surface area contributed by atoms with Gasteiger partial charge in [0, 0.05) is 0 Å². The van der Waals surface area contributed by atoms with Gasteiger partial charge in [-0.15, -0.1) is 0 Å². The molecule has 0 heterocycles. The molecule has 0 fully saturated rings. The predicted molar refractivity (Wildman–Crippen MR) is 54.4 cm³/mol. The van der Waals surface area contributed by atoms with Crippen LogP contribution in [-0.4, -0.2) is 14.9 Å². The zero-order chi connectivity index (χ0) is 9.61. The maximum absolute atomic E-state index is 5.51. The zero-order valence-electron chi connectivity index (χ0n) is 8.64. The highest BCUT2D eigenvalue weighted by molar-refractivity contribution is 6.69. The molecule has 0 saturated carbocycles. The average Bonchev–Trinajstić information content (AvgIpc) is 1.84. The van der Waals surface area contributed by atoms with E-state index in [2.05, 4.69) is 33.1 Å². The van der Waals surface area contributed by atoms with E-state index >= 15 is 0 Å². The first-order valence-corrected chi connectivity index (χ1v) is 7.87. The van der Waals surface area contributed by atoms with E-state index in [1.54, 1.807) is 0 Å². The van der Waals surface area contributed by atoms with Gasteiger partial charge in [-0.1, -0.05) is 13.3 Å². The van der Waals surface area contributed by atoms with E-state index in [9.17, 15) is 0 Å². The van der Waals surface area contributed by atoms with Crippen molar-refractivity contribution in [2.75, 3.05) is 6.61 Å². The van der Waals surface area contributed by atoms with Gasteiger partial charge in [0.25, 0.3) is 5.95 Å². The molecule has 0 atom stereocenters. The zero-order valence-corrected chi connectivity index (χ0v) is 9.64. The van der Waals surface area contributed by atoms with Gasteiger partial charge in [-0.3, -0.25) is 0 Å². The minimum absolute atomic E-state index is 0.489. The van der Waals surface area contributed by atoms with Crippen LogP contribution in [0.5, 0.6) is 0 Å². The summed E-state index contributed by atoms with van der Waals surface area (Å²) in [4.78, 5) is 0. The minimum atomic E-state index is -1.51. The van der Waals surface area contributed by atoms with Crippen LogP contribution in [0.15, 0.2) is 12.5 Å². The van der Waals surface area contributed by atoms with Crippen molar-refractivity contribution >= 4 is 8.32 Å². The fourth-order valence-corrected chi connectivity index (χ4v) is 1.44. The summed E-state index contributed by atoms with van der Waals surface area (Å²) in [6.45, 7) is 12.9. The highest BCUT2D eigenvalue weighted by atomic mass is 28.4. The molecule has 0 saturated heterocycles. The van der Waals surface area contributed by atoms with Gasteiger partial charge in [0.05, 0.1) is 6.61 Å². The highest BCUT2D eigenvalue weighted by Crippen LogP contribution is 2.09. The van der Waals surface area contributed by atoms with Crippen molar-refractivity contribution in [1.82, 2.24) is 0 Å². The van der Waals surface area contributed by atoms with Crippen molar-refractivity contribution in [3.63, 3.8) is 0 Å². The molecule has 0 aromatic rings. The van der Waals surface area contributed by atoms with Gasteiger partial charge in [-0.05, 0) is 32.6 Å². The molecule has 0 aromatic carbocycles. The van der Waals surface area contributed by atoms with Crippen molar-refractivity contribution < 1.29 is 9.16 Å². The van der Waals surface area contributed by atoms with Crippen LogP contribution in [0.1, 0.15) is 19.8 Å². The Labute approximate surface area is 76.7 Å². The number of rotatable bonds is 6. The molecule has 0 aliphatic heterocycles. The number of ether oxygens (including phenoxy) is 1. The highest BCUT2D eigenvalue weighted by Gasteiger charge is 2.17. The minimum Gasteiger partial charge on any atom is -0.520 e. The van der Waals surface area contributed by atoms with Gasteiger partial charge in [-0.2, -0.15) is 0 Å². The summed E-state index contributed by atoms with van der Waals surface area (Å²) >= 11 is 0. The van der Waals surface area contributed by atoms with Crippen LogP contribution in [0.3, 0.4) is 0 Å². The van der Waals surface area contributed by atoms with Crippen LogP contribution in [0.4, 0.5) is 0 Å². The molecule has 72 valence electrons. The van der Waals surface area contributed by atoms with E-state index < -0.39 is 8.32 Å². The Morgan fingerprint density at radius 1 is 1.33 bits per heavy atom. The standard InChI is InChI=1S/C9H20O2Si/c1-6-7-8-10-9(2)11-12(3,4)5/h2,6-8H2,1,3-5H3. The first-order valence-electron chi connectivity index (χ1n) is 4.46. The third-order valence-corrected chi connectivity index (χ3v) is 2.02. The van der Waals surface area contributed by atoms with Gasteiger partial charge in [0.15, 0.2) is 0 Å². The fourth-order valence-electron chi connectivity index (χ4n) is 0.701. The van der Waals surface area contributed by atoms with Crippen LogP contribution in [0, 0.1) is 0 Å². The second kappa shape index (κ2) is 5.25. The molecule has 0 aliphatic carbocycles. The predicted octanol–water partition coefficient (Wildman–Crippen LogP) is 3.13. The molecule has 0 spiro atoms. The summed E-state index contributed by atoms with van der Waals surface area (Å²) in [5.41, 5.74) is 0. The van der Waals surface area contributed by atoms with E-state index in [0.717, 1.165) is 19.4 Å². The lowest BCUT2D eigenvalue weighted by Crippen LogP contribution is -2.25. The largest absolute Gasteiger partial charge is 0.520 e. The lowest BCUT2D eigenvalue weighted by molar-refractivity contribution is 0.103. The van der Waals surface area contributed by atoms with E-state index in [0.29, 0.717) is 5.95 Å². The normalized spacial score (nSPS) is 11.0. The topological polar surface area (TPSA) is 18.5 Å². The van der Waals surface area contributed by atoms with Crippen molar-refractivity contribution in [2.45, 2.75) is 39.4 Å². The molecule has 0 bridgehead atoms. The Morgan fingerprint density at radius 3 is 2.33 bits per heavy atom. The first-order chi connectivity index (χ1) is 5.45. The summed E-state index contributed by atoms with van der Waals surface area (Å²) in [5.74, 6) is 0.489. The van der Waals surface area contributed by atoms with E-state index in [-0.39, 0.29) is 0 Å². The second-order valence-electron chi connectivity index (χ2n) is 3.79. The van der Waals surface area contributed by atoms with Crippen LogP contribution < -0.4 is 0 Å². The molecule has 0 unspecified atom stereocenters. The molecule has 0 N–H and O–H groups in total. The summed E-state index contributed by atoms with van der Waals surface area (Å²) < 4.78 is 10.8. The molecule has 0 rings (SSSR count). The van der Waals surface area contributed by atoms with Crippen molar-refractivity contribution in [2.24, 2.45) is 0 Å². The molecule has 0 aromatic heterocycles. The number of hydrogen-bond acceptors (Lipinski definition) is 2. The molecule has 0 radical (unpaired) electrons. The van der Waals surface area contributed by atoms with Crippen LogP contribution in [-0.2, 0) is 9.16 Å². The molecular formula is C9H20O2Si. The van der Waals surface area contributed by atoms with E-state index in [1.807, 2.05) is 0 Å². The van der Waals surface area contributed by atoms with Crippen molar-refractivity contribution in [1.29, 1.82) is 0 Å². The SMILES string of the molecule is C=C(OCCCC)O[Si](C)(C)C. The molecule has 2 nitrogen and oxygen atoms in total. The molecule has 12 heavy (non-hydrogen) atoms. The molecule has 0 aliphatic rings. The van der Waals surface area contributed by atoms with Crippen LogP contribution in [0.25, 0.3) is 0 Å². The number of unbranched alkanes of at least 4 members (excludes halogenated alkanes) is 1. The van der Waals surface area contributed by atoms with Gasteiger partial charge in [-0.25, -0.2) is 0 Å². The van der Waals surface area contributed by atoms with Gasteiger partial charge in [0.1, 0.15) is 0 Å². The Morgan fingerprint density at radius 2 is 1.92 bits per heavy atom. The lowest BCUT2D eigenvalue weighted by Gasteiger charge is -2.20. The Balaban J connectivity index is 3.47. The molecule has 0 amide bonds. The lowest BCUT2D eigenvalue weighted by atomic mass is 10.4. The molecule has 3 heteroatoms. The average molecular weight is 188 g/mol. The summed E-state index contributed by atoms with van der Waals surface area (Å²) in [7, 11) is -1.51. The summed E-state index contributed by atoms with van der Waals surface area (Å²) in [5, 5.41) is 0. The third kappa shape index (κ3) is 7.66. The maximum atomic E-state index is 5.51. The molecular weight excluding hydrogens is 168 g/mol. The van der Waals surface area contributed by atoms with Crippen LogP contribution in [0.2, 0.25) is 19.6 Å². The Bertz CT molecular complexity index is 138. The fraction of sp³-hybridized carbons (Fsp3) is 0.778. The smallest absolute Gasteiger partial charge is 0.257 e. The van der Waals surface area contributed by atoms with Crippen molar-refractivity contribution in [3.8, 4) is 0 Å². The first kappa shape index (κ1) is 11.6. The van der Waals surface area contributed by atoms with Gasteiger partial charge < -0.3 is 9.16 Å². The van der Waals surface area contributed by atoms with E-state index in [1.165, 1.54) is 0 Å². The summed E-state index contributed by atoms with van der Waals surface area (Å²) in [6, 6.07) is 0. The van der Waals surface area contributed by atoms with Crippen LogP contribution >= 0.6 is 0 Å². The van der Waals surface area contributed by atoms with Gasteiger partial charge in [0.2, 0.25) is 8.32 Å². The quantitative estimate of drug-likeness (QED) is 0.362. The monoisotopic (exact) mass is 188 g/mol. The van der Waals surface area contributed by atoms with E-state index in [4.69, 9.17) is 9.16 Å². The Hall–Kier alpha value is -0.443. The third-order valence-electron chi connectivity index (χ3n) is 1.18. The maximum Gasteiger partial charge on any atom is 0.257 e. The Kier molecular flexibility index (Phi) is 5.05. The van der Waals surface area contributed by atoms with Crippen molar-refractivity contribution in [3.05, 3.63) is 12.5 Å². The summed E-state index contributed by atoms with van der Waals surface area (Å²) in [6.07, 6.45) is 2.20. The number of hydrogen-bond donors (Lipinski definition) is 0. The van der Waals surface area contributed by atoms with Gasteiger partial charge >= 0.3 is 0 Å².